The number of epoxide rings is 1. The zero-order chi connectivity index (χ0) is 22.0. The highest BCUT2D eigenvalue weighted by atomic mass is 16.6. The molecule has 2 atom stereocenters. The van der Waals surface area contributed by atoms with Crippen LogP contribution < -0.4 is 10.6 Å². The van der Waals surface area contributed by atoms with Gasteiger partial charge in [-0.2, -0.15) is 0 Å². The molecule has 7 heteroatoms. The predicted molar refractivity (Wildman–Crippen MR) is 112 cm³/mol. The summed E-state index contributed by atoms with van der Waals surface area (Å²) in [7, 11) is 0. The van der Waals surface area contributed by atoms with Crippen LogP contribution in [0.4, 0.5) is 4.79 Å². The molecule has 0 unspecified atom stereocenters. The summed E-state index contributed by atoms with van der Waals surface area (Å²) in [5.41, 5.74) is 0.215. The normalized spacial score (nSPS) is 16.2. The number of carbonyl (C=O) groups is 3. The standard InChI is InChI=1S/C18H24N2O5.C4H10/c1-18(2,3)25-17(23)20-13(9-12-7-5-4-6-8-12)16(22)19-10-14(21)15-11-24-15;1-4(2)3/h4-8,13,15H,9-11H2,1-3H3,(H,19,22)(H,20,23);4H,1-3H3/t13-,15+;/m0./s1. The first kappa shape index (κ1) is 24.6. The second-order valence-corrected chi connectivity index (χ2v) is 8.63. The number of alkyl carbamates (subject to hydrolysis) is 1. The molecule has 1 heterocycles. The Balaban J connectivity index is 0.000000960. The molecule has 1 aliphatic rings. The van der Waals surface area contributed by atoms with Crippen LogP contribution in [0.15, 0.2) is 30.3 Å². The van der Waals surface area contributed by atoms with Gasteiger partial charge >= 0.3 is 6.09 Å². The molecule has 0 aromatic heterocycles. The van der Waals surface area contributed by atoms with Gasteiger partial charge in [-0.05, 0) is 32.3 Å². The molecule has 1 saturated heterocycles. The molecule has 0 bridgehead atoms. The molecular weight excluding hydrogens is 372 g/mol. The lowest BCUT2D eigenvalue weighted by atomic mass is 10.1. The van der Waals surface area contributed by atoms with E-state index in [2.05, 4.69) is 31.4 Å². The number of hydrogen-bond donors (Lipinski definition) is 2. The summed E-state index contributed by atoms with van der Waals surface area (Å²) in [6, 6.07) is 8.46. The molecule has 1 fully saturated rings. The topological polar surface area (TPSA) is 97.0 Å². The van der Waals surface area contributed by atoms with Gasteiger partial charge in [-0.1, -0.05) is 51.1 Å². The van der Waals surface area contributed by atoms with Gasteiger partial charge in [-0.3, -0.25) is 9.59 Å². The van der Waals surface area contributed by atoms with Crippen LogP contribution in [0.5, 0.6) is 0 Å². The summed E-state index contributed by atoms with van der Waals surface area (Å²) in [5, 5.41) is 5.13. The maximum absolute atomic E-state index is 12.4. The maximum Gasteiger partial charge on any atom is 0.408 e. The Morgan fingerprint density at radius 3 is 2.17 bits per heavy atom. The molecular formula is C22H34N2O5. The minimum Gasteiger partial charge on any atom is -0.444 e. The van der Waals surface area contributed by atoms with E-state index < -0.39 is 29.7 Å². The Hall–Kier alpha value is -2.41. The van der Waals surface area contributed by atoms with Crippen molar-refractivity contribution >= 4 is 17.8 Å². The Morgan fingerprint density at radius 2 is 1.69 bits per heavy atom. The molecule has 162 valence electrons. The molecule has 1 aliphatic heterocycles. The quantitative estimate of drug-likeness (QED) is 0.679. The summed E-state index contributed by atoms with van der Waals surface area (Å²) in [5.74, 6) is 0.216. The highest BCUT2D eigenvalue weighted by molar-refractivity contribution is 5.92. The van der Waals surface area contributed by atoms with Crippen LogP contribution >= 0.6 is 0 Å². The number of Topliss-reactive ketones (excluding diaryl/α,β-unsaturated/α-hetero) is 1. The van der Waals surface area contributed by atoms with E-state index in [4.69, 9.17) is 9.47 Å². The van der Waals surface area contributed by atoms with E-state index in [1.54, 1.807) is 20.8 Å². The van der Waals surface area contributed by atoms with Crippen molar-refractivity contribution in [1.82, 2.24) is 10.6 Å². The van der Waals surface area contributed by atoms with Gasteiger partial charge in [0.05, 0.1) is 13.2 Å². The zero-order valence-corrected chi connectivity index (χ0v) is 18.3. The average Bonchev–Trinajstić information content (AvgIpc) is 3.42. The van der Waals surface area contributed by atoms with Crippen LogP contribution in [-0.4, -0.2) is 48.7 Å². The van der Waals surface area contributed by atoms with Gasteiger partial charge in [0.2, 0.25) is 5.91 Å². The van der Waals surface area contributed by atoms with E-state index >= 15 is 0 Å². The SMILES string of the molecule is CC(C)(C)OC(=O)N[C@@H](Cc1ccccc1)C(=O)NCC(=O)[C@H]1CO1.CC(C)C. The van der Waals surface area contributed by atoms with Crippen LogP contribution in [-0.2, 0) is 25.5 Å². The first-order chi connectivity index (χ1) is 13.5. The van der Waals surface area contributed by atoms with Crippen molar-refractivity contribution in [2.45, 2.75) is 65.7 Å². The number of nitrogens with one attached hydrogen (secondary N) is 2. The number of ketones is 1. The number of benzene rings is 1. The van der Waals surface area contributed by atoms with E-state index in [0.717, 1.165) is 11.5 Å². The monoisotopic (exact) mass is 406 g/mol. The minimum atomic E-state index is -0.842. The third kappa shape index (κ3) is 11.9. The average molecular weight is 407 g/mol. The van der Waals surface area contributed by atoms with Crippen molar-refractivity contribution in [2.75, 3.05) is 13.2 Å². The fraction of sp³-hybridized carbons (Fsp3) is 0.591. The molecule has 1 aromatic carbocycles. The van der Waals surface area contributed by atoms with E-state index in [-0.39, 0.29) is 12.3 Å². The third-order valence-corrected chi connectivity index (χ3v) is 3.42. The molecule has 7 nitrogen and oxygen atoms in total. The van der Waals surface area contributed by atoms with Crippen molar-refractivity contribution in [3.05, 3.63) is 35.9 Å². The Bertz CT molecular complexity index is 661. The number of ether oxygens (including phenoxy) is 2. The highest BCUT2D eigenvalue weighted by Crippen LogP contribution is 2.10. The number of amides is 2. The molecule has 1 aromatic rings. The van der Waals surface area contributed by atoms with Crippen LogP contribution in [0.3, 0.4) is 0 Å². The van der Waals surface area contributed by atoms with Gasteiger partial charge in [-0.25, -0.2) is 4.79 Å². The Labute approximate surface area is 173 Å². The van der Waals surface area contributed by atoms with E-state index in [9.17, 15) is 14.4 Å². The molecule has 29 heavy (non-hydrogen) atoms. The lowest BCUT2D eigenvalue weighted by molar-refractivity contribution is -0.126. The summed E-state index contributed by atoms with van der Waals surface area (Å²) in [4.78, 5) is 36.1. The largest absolute Gasteiger partial charge is 0.444 e. The molecule has 0 saturated carbocycles. The zero-order valence-electron chi connectivity index (χ0n) is 18.3. The fourth-order valence-electron chi connectivity index (χ4n) is 2.15. The summed E-state index contributed by atoms with van der Waals surface area (Å²) < 4.78 is 10.1. The maximum atomic E-state index is 12.4. The number of carbonyl (C=O) groups excluding carboxylic acids is 3. The van der Waals surface area contributed by atoms with Crippen molar-refractivity contribution < 1.29 is 23.9 Å². The first-order valence-electron chi connectivity index (χ1n) is 9.93. The Morgan fingerprint density at radius 1 is 1.14 bits per heavy atom. The van der Waals surface area contributed by atoms with E-state index in [1.807, 2.05) is 30.3 Å². The molecule has 0 radical (unpaired) electrons. The van der Waals surface area contributed by atoms with E-state index in [1.165, 1.54) is 0 Å². The van der Waals surface area contributed by atoms with Gasteiger partial charge < -0.3 is 20.1 Å². The molecule has 2 N–H and O–H groups in total. The van der Waals surface area contributed by atoms with Gasteiger partial charge in [0.15, 0.2) is 5.78 Å². The lowest BCUT2D eigenvalue weighted by Gasteiger charge is -2.23. The predicted octanol–water partition coefficient (Wildman–Crippen LogP) is 2.87. The fourth-order valence-corrected chi connectivity index (χ4v) is 2.15. The van der Waals surface area contributed by atoms with Gasteiger partial charge in [0.1, 0.15) is 17.7 Å². The van der Waals surface area contributed by atoms with E-state index in [0.29, 0.717) is 13.0 Å². The second-order valence-electron chi connectivity index (χ2n) is 8.63. The van der Waals surface area contributed by atoms with Gasteiger partial charge in [0, 0.05) is 6.42 Å². The van der Waals surface area contributed by atoms with Crippen LogP contribution in [0.1, 0.15) is 47.1 Å². The van der Waals surface area contributed by atoms with Crippen molar-refractivity contribution in [2.24, 2.45) is 5.92 Å². The van der Waals surface area contributed by atoms with Crippen molar-refractivity contribution in [3.8, 4) is 0 Å². The molecule has 0 aliphatic carbocycles. The van der Waals surface area contributed by atoms with Crippen LogP contribution in [0, 0.1) is 5.92 Å². The third-order valence-electron chi connectivity index (χ3n) is 3.42. The van der Waals surface area contributed by atoms with Gasteiger partial charge in [-0.15, -0.1) is 0 Å². The number of rotatable bonds is 7. The smallest absolute Gasteiger partial charge is 0.408 e. The molecule has 2 rings (SSSR count). The summed E-state index contributed by atoms with van der Waals surface area (Å²) in [6.45, 7) is 12.0. The molecule has 2 amide bonds. The summed E-state index contributed by atoms with van der Waals surface area (Å²) in [6.07, 6.45) is -0.799. The van der Waals surface area contributed by atoms with Crippen LogP contribution in [0.2, 0.25) is 0 Å². The Kier molecular flexibility index (Phi) is 9.81. The highest BCUT2D eigenvalue weighted by Gasteiger charge is 2.32. The first-order valence-corrected chi connectivity index (χ1v) is 9.93. The minimum absolute atomic E-state index is 0.120. The molecule has 0 spiro atoms. The van der Waals surface area contributed by atoms with Gasteiger partial charge in [0.25, 0.3) is 0 Å². The lowest BCUT2D eigenvalue weighted by Crippen LogP contribution is -2.50. The van der Waals surface area contributed by atoms with Crippen LogP contribution in [0.25, 0.3) is 0 Å². The summed E-state index contributed by atoms with van der Waals surface area (Å²) >= 11 is 0. The second kappa shape index (κ2) is 11.6. The number of hydrogen-bond acceptors (Lipinski definition) is 5. The van der Waals surface area contributed by atoms with Crippen molar-refractivity contribution in [1.29, 1.82) is 0 Å². The van der Waals surface area contributed by atoms with Crippen molar-refractivity contribution in [3.63, 3.8) is 0 Å².